The Balaban J connectivity index is 1.95. The molecule has 1 aromatic heterocycles. The minimum absolute atomic E-state index is 0.175. The van der Waals surface area contributed by atoms with E-state index < -0.39 is 15.5 Å². The van der Waals surface area contributed by atoms with Gasteiger partial charge in [-0.15, -0.1) is 10.2 Å². The molecule has 0 radical (unpaired) electrons. The first-order chi connectivity index (χ1) is 12.7. The molecule has 2 rings (SSSR count). The normalized spacial score (nSPS) is 17.9. The van der Waals surface area contributed by atoms with Crippen molar-refractivity contribution in [2.24, 2.45) is 4.99 Å². The first-order valence-electron chi connectivity index (χ1n) is 8.67. The molecule has 0 spiro atoms. The largest absolute Gasteiger partial charge is 0.511 e. The third kappa shape index (κ3) is 5.31. The minimum atomic E-state index is -5.27. The van der Waals surface area contributed by atoms with Gasteiger partial charge in [-0.2, -0.15) is 17.5 Å². The Morgan fingerprint density at radius 2 is 2.00 bits per heavy atom. The summed E-state index contributed by atoms with van der Waals surface area (Å²) in [6.07, 6.45) is 2.12. The maximum atomic E-state index is 12.6. The van der Waals surface area contributed by atoms with E-state index in [1.165, 1.54) is 0 Å². The molecule has 9 nitrogen and oxygen atoms in total. The van der Waals surface area contributed by atoms with Gasteiger partial charge in [0.15, 0.2) is 11.8 Å². The van der Waals surface area contributed by atoms with Gasteiger partial charge in [-0.05, 0) is 26.7 Å². The summed E-state index contributed by atoms with van der Waals surface area (Å²) in [5, 5.41) is 14.0. The molecule has 1 aromatic rings. The van der Waals surface area contributed by atoms with Crippen LogP contribution in [0.1, 0.15) is 32.5 Å². The molecule has 1 saturated heterocycles. The average Bonchev–Trinajstić information content (AvgIpc) is 3.07. The third-order valence-corrected chi connectivity index (χ3v) is 5.82. The minimum Gasteiger partial charge on any atom is -0.357 e. The number of nitrogens with zero attached hydrogens (tertiary/aromatic N) is 5. The van der Waals surface area contributed by atoms with Crippen LogP contribution in [0.25, 0.3) is 0 Å². The summed E-state index contributed by atoms with van der Waals surface area (Å²) in [4.78, 5) is 4.42. The van der Waals surface area contributed by atoms with E-state index in [9.17, 15) is 21.6 Å². The van der Waals surface area contributed by atoms with Crippen molar-refractivity contribution < 1.29 is 21.6 Å². The lowest BCUT2D eigenvalue weighted by atomic mass is 10.1. The number of nitrogens with one attached hydrogen (secondary N) is 2. The van der Waals surface area contributed by atoms with Gasteiger partial charge in [-0.1, -0.05) is 0 Å². The van der Waals surface area contributed by atoms with Gasteiger partial charge < -0.3 is 15.2 Å². The number of halogens is 3. The highest BCUT2D eigenvalue weighted by molar-refractivity contribution is 7.90. The van der Waals surface area contributed by atoms with Crippen LogP contribution in [-0.2, 0) is 23.1 Å². The van der Waals surface area contributed by atoms with Crippen LogP contribution >= 0.6 is 0 Å². The monoisotopic (exact) mass is 411 g/mol. The molecule has 1 aliphatic rings. The quantitative estimate of drug-likeness (QED) is 0.527. The van der Waals surface area contributed by atoms with E-state index >= 15 is 0 Å². The lowest BCUT2D eigenvalue weighted by molar-refractivity contribution is -0.0494. The van der Waals surface area contributed by atoms with Crippen LogP contribution in [0, 0.1) is 0 Å². The van der Waals surface area contributed by atoms with Crippen LogP contribution in [0.2, 0.25) is 0 Å². The lowest BCUT2D eigenvalue weighted by Crippen LogP contribution is -2.51. The van der Waals surface area contributed by atoms with Crippen LogP contribution in [0.4, 0.5) is 13.2 Å². The molecule has 0 aliphatic carbocycles. The Kier molecular flexibility index (Phi) is 7.03. The zero-order valence-electron chi connectivity index (χ0n) is 15.2. The van der Waals surface area contributed by atoms with Crippen LogP contribution in [0.15, 0.2) is 11.3 Å². The van der Waals surface area contributed by atoms with Crippen molar-refractivity contribution in [2.45, 2.75) is 51.3 Å². The van der Waals surface area contributed by atoms with Gasteiger partial charge in [0.25, 0.3) is 0 Å². The molecule has 0 bridgehead atoms. The predicted octanol–water partition coefficient (Wildman–Crippen LogP) is 0.667. The zero-order valence-corrected chi connectivity index (χ0v) is 16.0. The highest BCUT2D eigenvalue weighted by atomic mass is 32.2. The predicted molar refractivity (Wildman–Crippen MR) is 93.2 cm³/mol. The van der Waals surface area contributed by atoms with Crippen molar-refractivity contribution in [3.8, 4) is 0 Å². The number of aryl methyl sites for hydroxylation is 1. The molecule has 1 aliphatic heterocycles. The Hall–Kier alpha value is -1.89. The van der Waals surface area contributed by atoms with Crippen molar-refractivity contribution >= 4 is 16.0 Å². The Morgan fingerprint density at radius 3 is 2.56 bits per heavy atom. The number of piperidine rings is 1. The van der Waals surface area contributed by atoms with Crippen molar-refractivity contribution in [3.63, 3.8) is 0 Å². The molecular weight excluding hydrogens is 387 g/mol. The smallest absolute Gasteiger partial charge is 0.357 e. The Bertz CT molecular complexity index is 740. The second kappa shape index (κ2) is 8.87. The fraction of sp³-hybridized carbons (Fsp3) is 0.786. The van der Waals surface area contributed by atoms with E-state index in [2.05, 4.69) is 25.8 Å². The van der Waals surface area contributed by atoms with E-state index in [4.69, 9.17) is 0 Å². The molecule has 0 amide bonds. The van der Waals surface area contributed by atoms with Gasteiger partial charge in [0.05, 0.1) is 0 Å². The van der Waals surface area contributed by atoms with Crippen LogP contribution < -0.4 is 10.6 Å². The lowest BCUT2D eigenvalue weighted by Gasteiger charge is -2.32. The molecule has 2 N–H and O–H groups in total. The third-order valence-electron chi connectivity index (χ3n) is 4.19. The summed E-state index contributed by atoms with van der Waals surface area (Å²) < 4.78 is 63.2. The molecule has 27 heavy (non-hydrogen) atoms. The summed E-state index contributed by atoms with van der Waals surface area (Å²) >= 11 is 0. The first-order valence-corrected chi connectivity index (χ1v) is 10.1. The topological polar surface area (TPSA) is 105 Å². The molecule has 2 heterocycles. The molecule has 0 unspecified atom stereocenters. The van der Waals surface area contributed by atoms with E-state index in [0.29, 0.717) is 35.7 Å². The van der Waals surface area contributed by atoms with Crippen molar-refractivity contribution in [2.75, 3.05) is 19.6 Å². The van der Waals surface area contributed by atoms with Crippen LogP contribution in [0.3, 0.4) is 0 Å². The number of aliphatic imine (C=N–C) groups is 1. The van der Waals surface area contributed by atoms with Gasteiger partial charge >= 0.3 is 15.5 Å². The summed E-state index contributed by atoms with van der Waals surface area (Å²) in [6, 6.07) is -0.175. The van der Waals surface area contributed by atoms with Gasteiger partial charge in [-0.25, -0.2) is 13.4 Å². The van der Waals surface area contributed by atoms with E-state index in [1.807, 2.05) is 18.4 Å². The van der Waals surface area contributed by atoms with E-state index in [1.54, 1.807) is 6.33 Å². The number of aromatic nitrogens is 3. The number of alkyl halides is 3. The average molecular weight is 411 g/mol. The van der Waals surface area contributed by atoms with Crippen LogP contribution in [-0.4, -0.2) is 64.6 Å². The summed E-state index contributed by atoms with van der Waals surface area (Å²) in [5.41, 5.74) is -5.27. The number of guanidine groups is 1. The van der Waals surface area contributed by atoms with Gasteiger partial charge in [0.1, 0.15) is 12.9 Å². The number of rotatable bonds is 6. The Labute approximate surface area is 156 Å². The maximum absolute atomic E-state index is 12.6. The molecule has 0 atom stereocenters. The summed E-state index contributed by atoms with van der Waals surface area (Å²) in [6.45, 7) is 5.09. The molecule has 1 fully saturated rings. The summed E-state index contributed by atoms with van der Waals surface area (Å²) in [5.74, 6) is 1.20. The Morgan fingerprint density at radius 1 is 1.33 bits per heavy atom. The highest BCUT2D eigenvalue weighted by Gasteiger charge is 2.50. The first kappa shape index (κ1) is 21.4. The molecule has 154 valence electrons. The molecule has 0 saturated carbocycles. The number of hydrogen-bond acceptors (Lipinski definition) is 5. The second-order valence-corrected chi connectivity index (χ2v) is 7.93. The number of sulfonamides is 1. The van der Waals surface area contributed by atoms with Crippen molar-refractivity contribution in [1.82, 2.24) is 29.7 Å². The van der Waals surface area contributed by atoms with E-state index in [-0.39, 0.29) is 32.0 Å². The van der Waals surface area contributed by atoms with Gasteiger partial charge in [-0.3, -0.25) is 0 Å². The van der Waals surface area contributed by atoms with Crippen LogP contribution in [0.5, 0.6) is 0 Å². The molecular formula is C14H24F3N7O2S. The standard InChI is InChI=1S/C14H24F3N7O2S/c1-3-18-13(19-9-12-22-20-10-23(12)4-2)21-11-5-7-24(8-6-11)27(25,26)14(15,16)17/h10-11H,3-9H2,1-2H3,(H2,18,19,21). The fourth-order valence-electron chi connectivity index (χ4n) is 2.72. The highest BCUT2D eigenvalue weighted by Crippen LogP contribution is 2.28. The zero-order chi connectivity index (χ0) is 20.1. The SMILES string of the molecule is CCNC(=NCc1nncn1CC)NC1CCN(S(=O)(=O)C(F)(F)F)CC1. The van der Waals surface area contributed by atoms with Gasteiger partial charge in [0.2, 0.25) is 0 Å². The van der Waals surface area contributed by atoms with Crippen molar-refractivity contribution in [1.29, 1.82) is 0 Å². The van der Waals surface area contributed by atoms with E-state index in [0.717, 1.165) is 0 Å². The maximum Gasteiger partial charge on any atom is 0.511 e. The molecule has 0 aromatic carbocycles. The van der Waals surface area contributed by atoms with Gasteiger partial charge in [0, 0.05) is 32.2 Å². The summed E-state index contributed by atoms with van der Waals surface area (Å²) in [7, 11) is -5.27. The molecule has 13 heteroatoms. The van der Waals surface area contributed by atoms with Crippen molar-refractivity contribution in [3.05, 3.63) is 12.2 Å². The fourth-order valence-corrected chi connectivity index (χ4v) is 3.70. The second-order valence-electron chi connectivity index (χ2n) is 6.00. The number of hydrogen-bond donors (Lipinski definition) is 2.